The van der Waals surface area contributed by atoms with E-state index >= 15 is 0 Å². The largest absolute Gasteiger partial charge is 0.477 e. The first-order valence-corrected chi connectivity index (χ1v) is 8.26. The SMILES string of the molecule is Cc1nn2c(C(=O)O)cc(-c3cccs3)nc2c1-c1ccccc1. The van der Waals surface area contributed by atoms with Crippen molar-refractivity contribution in [3.8, 4) is 21.7 Å². The maximum atomic E-state index is 11.7. The van der Waals surface area contributed by atoms with E-state index in [1.165, 1.54) is 15.9 Å². The molecular weight excluding hydrogens is 322 g/mol. The minimum Gasteiger partial charge on any atom is -0.477 e. The predicted octanol–water partition coefficient (Wildman–Crippen LogP) is 4.13. The average Bonchev–Trinajstić information content (AvgIpc) is 3.21. The lowest BCUT2D eigenvalue weighted by molar-refractivity contribution is 0.0687. The lowest BCUT2D eigenvalue weighted by Gasteiger charge is -2.05. The third-order valence-corrected chi connectivity index (χ3v) is 4.71. The van der Waals surface area contributed by atoms with E-state index < -0.39 is 5.97 Å². The van der Waals surface area contributed by atoms with Crippen LogP contribution in [0.5, 0.6) is 0 Å². The molecule has 4 aromatic rings. The number of carboxylic acid groups (broad SMARTS) is 1. The third kappa shape index (κ3) is 2.28. The monoisotopic (exact) mass is 335 g/mol. The van der Waals surface area contributed by atoms with Gasteiger partial charge < -0.3 is 5.11 Å². The molecule has 1 N–H and O–H groups in total. The number of rotatable bonds is 3. The van der Waals surface area contributed by atoms with Crippen molar-refractivity contribution in [2.45, 2.75) is 6.92 Å². The third-order valence-electron chi connectivity index (χ3n) is 3.82. The molecule has 0 radical (unpaired) electrons. The van der Waals surface area contributed by atoms with Gasteiger partial charge in [0.25, 0.3) is 0 Å². The predicted molar refractivity (Wildman–Crippen MR) is 93.4 cm³/mol. The molecule has 0 aliphatic rings. The van der Waals surface area contributed by atoms with Crippen LogP contribution < -0.4 is 0 Å². The van der Waals surface area contributed by atoms with Gasteiger partial charge in [0.1, 0.15) is 0 Å². The van der Waals surface area contributed by atoms with Gasteiger partial charge >= 0.3 is 5.97 Å². The zero-order chi connectivity index (χ0) is 16.7. The molecule has 24 heavy (non-hydrogen) atoms. The average molecular weight is 335 g/mol. The van der Waals surface area contributed by atoms with Gasteiger partial charge in [0.05, 0.1) is 16.3 Å². The topological polar surface area (TPSA) is 67.5 Å². The van der Waals surface area contributed by atoms with Crippen LogP contribution in [0.4, 0.5) is 0 Å². The van der Waals surface area contributed by atoms with Crippen molar-refractivity contribution >= 4 is 23.0 Å². The van der Waals surface area contributed by atoms with Crippen molar-refractivity contribution in [2.24, 2.45) is 0 Å². The molecule has 0 aliphatic heterocycles. The molecule has 5 nitrogen and oxygen atoms in total. The Bertz CT molecular complexity index is 1040. The van der Waals surface area contributed by atoms with Crippen LogP contribution in [-0.2, 0) is 0 Å². The minimum absolute atomic E-state index is 0.105. The van der Waals surface area contributed by atoms with E-state index in [0.29, 0.717) is 11.3 Å². The molecule has 3 heterocycles. The summed E-state index contributed by atoms with van der Waals surface area (Å²) in [4.78, 5) is 17.3. The van der Waals surface area contributed by atoms with Gasteiger partial charge in [-0.1, -0.05) is 36.4 Å². The van der Waals surface area contributed by atoms with Crippen molar-refractivity contribution in [1.29, 1.82) is 0 Å². The number of fused-ring (bicyclic) bond motifs is 1. The fourth-order valence-corrected chi connectivity index (χ4v) is 3.46. The Morgan fingerprint density at radius 1 is 1.17 bits per heavy atom. The summed E-state index contributed by atoms with van der Waals surface area (Å²) in [5.41, 5.74) is 3.89. The molecule has 0 unspecified atom stereocenters. The van der Waals surface area contributed by atoms with Gasteiger partial charge in [-0.2, -0.15) is 5.10 Å². The molecule has 0 spiro atoms. The number of carboxylic acids is 1. The summed E-state index contributed by atoms with van der Waals surface area (Å²) >= 11 is 1.53. The highest BCUT2D eigenvalue weighted by molar-refractivity contribution is 7.13. The molecule has 6 heteroatoms. The summed E-state index contributed by atoms with van der Waals surface area (Å²) in [6.45, 7) is 1.87. The van der Waals surface area contributed by atoms with Crippen molar-refractivity contribution in [3.05, 3.63) is 65.3 Å². The van der Waals surface area contributed by atoms with Gasteiger partial charge in [0, 0.05) is 5.56 Å². The van der Waals surface area contributed by atoms with Crippen LogP contribution in [0.15, 0.2) is 53.9 Å². The van der Waals surface area contributed by atoms with Crippen LogP contribution in [-0.4, -0.2) is 25.7 Å². The Hall–Kier alpha value is -2.99. The Balaban J connectivity index is 2.08. The number of aromatic nitrogens is 3. The zero-order valence-electron chi connectivity index (χ0n) is 12.8. The van der Waals surface area contributed by atoms with Crippen LogP contribution in [0.2, 0.25) is 0 Å². The summed E-state index contributed by atoms with van der Waals surface area (Å²) < 4.78 is 1.41. The lowest BCUT2D eigenvalue weighted by Crippen LogP contribution is -2.08. The number of carbonyl (C=O) groups is 1. The highest BCUT2D eigenvalue weighted by Crippen LogP contribution is 2.31. The fraction of sp³-hybridized carbons (Fsp3) is 0.0556. The van der Waals surface area contributed by atoms with Gasteiger partial charge in [-0.05, 0) is 30.0 Å². The van der Waals surface area contributed by atoms with Crippen LogP contribution in [0, 0.1) is 6.92 Å². The Kier molecular flexibility index (Phi) is 3.39. The number of aryl methyl sites for hydroxylation is 1. The summed E-state index contributed by atoms with van der Waals surface area (Å²) in [5, 5.41) is 15.9. The van der Waals surface area contributed by atoms with Crippen molar-refractivity contribution in [1.82, 2.24) is 14.6 Å². The number of hydrogen-bond donors (Lipinski definition) is 1. The summed E-state index contributed by atoms with van der Waals surface area (Å²) in [6, 6.07) is 15.2. The first kappa shape index (κ1) is 14.6. The van der Waals surface area contributed by atoms with E-state index in [1.54, 1.807) is 6.07 Å². The second-order valence-electron chi connectivity index (χ2n) is 5.37. The standard InChI is InChI=1S/C18H13N3O2S/c1-11-16(12-6-3-2-4-7-12)17-19-13(15-8-5-9-24-15)10-14(18(22)23)21(17)20-11/h2-10H,1H3,(H,22,23). The second-order valence-corrected chi connectivity index (χ2v) is 6.32. The molecule has 0 amide bonds. The molecule has 0 aliphatic carbocycles. The normalized spacial score (nSPS) is 11.0. The molecule has 3 aromatic heterocycles. The van der Waals surface area contributed by atoms with Gasteiger partial charge in [0.15, 0.2) is 11.3 Å². The Labute approximate surface area is 141 Å². The minimum atomic E-state index is -1.03. The second kappa shape index (κ2) is 5.58. The molecule has 0 fully saturated rings. The molecular formula is C18H13N3O2S. The lowest BCUT2D eigenvalue weighted by atomic mass is 10.1. The van der Waals surface area contributed by atoms with E-state index in [2.05, 4.69) is 5.10 Å². The van der Waals surface area contributed by atoms with Gasteiger partial charge in [0.2, 0.25) is 0 Å². The molecule has 0 saturated carbocycles. The molecule has 0 saturated heterocycles. The van der Waals surface area contributed by atoms with Crippen LogP contribution >= 0.6 is 11.3 Å². The maximum Gasteiger partial charge on any atom is 0.354 e. The summed E-state index contributed by atoms with van der Waals surface area (Å²) in [6.07, 6.45) is 0. The first-order valence-electron chi connectivity index (χ1n) is 7.38. The van der Waals surface area contributed by atoms with Gasteiger partial charge in [-0.15, -0.1) is 11.3 Å². The quantitative estimate of drug-likeness (QED) is 0.611. The molecule has 118 valence electrons. The van der Waals surface area contributed by atoms with E-state index in [9.17, 15) is 9.90 Å². The van der Waals surface area contributed by atoms with E-state index in [0.717, 1.165) is 21.7 Å². The Morgan fingerprint density at radius 2 is 1.96 bits per heavy atom. The van der Waals surface area contributed by atoms with E-state index in [4.69, 9.17) is 4.98 Å². The first-order chi connectivity index (χ1) is 11.6. The Morgan fingerprint density at radius 3 is 2.62 bits per heavy atom. The molecule has 1 aromatic carbocycles. The summed E-state index contributed by atoms with van der Waals surface area (Å²) in [5.74, 6) is -1.03. The van der Waals surface area contributed by atoms with E-state index in [-0.39, 0.29) is 5.69 Å². The highest BCUT2D eigenvalue weighted by atomic mass is 32.1. The van der Waals surface area contributed by atoms with Crippen molar-refractivity contribution < 1.29 is 9.90 Å². The fourth-order valence-electron chi connectivity index (χ4n) is 2.77. The van der Waals surface area contributed by atoms with Crippen molar-refractivity contribution in [2.75, 3.05) is 0 Å². The molecule has 0 atom stereocenters. The van der Waals surface area contributed by atoms with E-state index in [1.807, 2.05) is 54.8 Å². The maximum absolute atomic E-state index is 11.7. The van der Waals surface area contributed by atoms with Crippen LogP contribution in [0.25, 0.3) is 27.3 Å². The van der Waals surface area contributed by atoms with Gasteiger partial charge in [-0.3, -0.25) is 0 Å². The number of benzene rings is 1. The highest BCUT2D eigenvalue weighted by Gasteiger charge is 2.20. The number of nitrogens with zero attached hydrogens (tertiary/aromatic N) is 3. The van der Waals surface area contributed by atoms with Crippen LogP contribution in [0.1, 0.15) is 16.2 Å². The number of hydrogen-bond acceptors (Lipinski definition) is 4. The number of aromatic carboxylic acids is 1. The number of thiophene rings is 1. The van der Waals surface area contributed by atoms with Crippen LogP contribution in [0.3, 0.4) is 0 Å². The smallest absolute Gasteiger partial charge is 0.354 e. The summed E-state index contributed by atoms with van der Waals surface area (Å²) in [7, 11) is 0. The van der Waals surface area contributed by atoms with Gasteiger partial charge in [-0.25, -0.2) is 14.3 Å². The van der Waals surface area contributed by atoms with Crippen molar-refractivity contribution in [3.63, 3.8) is 0 Å². The molecule has 0 bridgehead atoms. The molecule has 4 rings (SSSR count). The zero-order valence-corrected chi connectivity index (χ0v) is 13.6.